The number of aryl methyl sites for hydroxylation is 1. The van der Waals surface area contributed by atoms with E-state index in [2.05, 4.69) is 5.32 Å². The summed E-state index contributed by atoms with van der Waals surface area (Å²) in [6.45, 7) is 1.70. The minimum absolute atomic E-state index is 0.124. The average molecular weight is 277 g/mol. The van der Waals surface area contributed by atoms with Crippen LogP contribution in [-0.2, 0) is 11.2 Å². The van der Waals surface area contributed by atoms with E-state index in [-0.39, 0.29) is 17.7 Å². The molecule has 3 nitrogen and oxygen atoms in total. The monoisotopic (exact) mass is 277 g/mol. The molecular formula is C15H13F2NO2. The van der Waals surface area contributed by atoms with Crippen molar-refractivity contribution in [3.8, 4) is 5.75 Å². The number of benzene rings is 2. The molecule has 0 unspecified atom stereocenters. The first-order chi connectivity index (χ1) is 9.45. The number of hydrogen-bond donors (Lipinski definition) is 2. The van der Waals surface area contributed by atoms with Crippen molar-refractivity contribution in [1.82, 2.24) is 0 Å². The van der Waals surface area contributed by atoms with Gasteiger partial charge in [0.2, 0.25) is 5.91 Å². The third-order valence-corrected chi connectivity index (χ3v) is 2.85. The first-order valence-electron chi connectivity index (χ1n) is 5.99. The highest BCUT2D eigenvalue weighted by Crippen LogP contribution is 2.20. The number of phenols is 1. The Morgan fingerprint density at radius 2 is 1.95 bits per heavy atom. The van der Waals surface area contributed by atoms with Crippen LogP contribution in [-0.4, -0.2) is 11.0 Å². The molecule has 2 aromatic rings. The van der Waals surface area contributed by atoms with Crippen LogP contribution in [0.4, 0.5) is 14.5 Å². The number of rotatable bonds is 3. The number of aromatic hydroxyl groups is 1. The van der Waals surface area contributed by atoms with Crippen molar-refractivity contribution >= 4 is 11.6 Å². The van der Waals surface area contributed by atoms with E-state index in [1.807, 2.05) is 0 Å². The summed E-state index contributed by atoms with van der Waals surface area (Å²) in [4.78, 5) is 11.8. The molecule has 0 saturated carbocycles. The Labute approximate surface area is 114 Å². The van der Waals surface area contributed by atoms with E-state index < -0.39 is 17.5 Å². The standard InChI is InChI=1S/C15H13F2NO2/c1-9-6-12(4-5-14(9)19)18-15(20)7-10-2-3-11(16)8-13(10)17/h2-6,8,19H,7H2,1H3,(H,18,20). The first kappa shape index (κ1) is 14.0. The van der Waals surface area contributed by atoms with Crippen molar-refractivity contribution in [2.45, 2.75) is 13.3 Å². The topological polar surface area (TPSA) is 49.3 Å². The fourth-order valence-corrected chi connectivity index (χ4v) is 1.78. The Morgan fingerprint density at radius 3 is 2.60 bits per heavy atom. The zero-order valence-electron chi connectivity index (χ0n) is 10.8. The third-order valence-electron chi connectivity index (χ3n) is 2.85. The maximum atomic E-state index is 13.4. The first-order valence-corrected chi connectivity index (χ1v) is 5.99. The highest BCUT2D eigenvalue weighted by Gasteiger charge is 2.10. The molecule has 0 aromatic heterocycles. The Hall–Kier alpha value is -2.43. The molecule has 0 fully saturated rings. The summed E-state index contributed by atoms with van der Waals surface area (Å²) in [7, 11) is 0. The van der Waals surface area contributed by atoms with Gasteiger partial charge in [-0.25, -0.2) is 8.78 Å². The van der Waals surface area contributed by atoms with Crippen LogP contribution in [0.5, 0.6) is 5.75 Å². The summed E-state index contributed by atoms with van der Waals surface area (Å²) in [5.41, 5.74) is 1.25. The van der Waals surface area contributed by atoms with Crippen molar-refractivity contribution in [1.29, 1.82) is 0 Å². The number of phenolic OH excluding ortho intramolecular Hbond substituents is 1. The van der Waals surface area contributed by atoms with E-state index in [0.717, 1.165) is 12.1 Å². The van der Waals surface area contributed by atoms with Gasteiger partial charge in [-0.3, -0.25) is 4.79 Å². The van der Waals surface area contributed by atoms with Gasteiger partial charge >= 0.3 is 0 Å². The van der Waals surface area contributed by atoms with Crippen molar-refractivity contribution < 1.29 is 18.7 Å². The molecule has 2 aromatic carbocycles. The SMILES string of the molecule is Cc1cc(NC(=O)Cc2ccc(F)cc2F)ccc1O. The van der Waals surface area contributed by atoms with E-state index in [1.165, 1.54) is 12.1 Å². The van der Waals surface area contributed by atoms with Gasteiger partial charge in [-0.1, -0.05) is 6.07 Å². The highest BCUT2D eigenvalue weighted by molar-refractivity contribution is 5.92. The van der Waals surface area contributed by atoms with Crippen LogP contribution in [0.1, 0.15) is 11.1 Å². The summed E-state index contributed by atoms with van der Waals surface area (Å²) < 4.78 is 26.2. The lowest BCUT2D eigenvalue weighted by Gasteiger charge is -2.08. The van der Waals surface area contributed by atoms with Gasteiger partial charge < -0.3 is 10.4 Å². The predicted octanol–water partition coefficient (Wildman–Crippen LogP) is 3.16. The van der Waals surface area contributed by atoms with Gasteiger partial charge in [-0.05, 0) is 42.3 Å². The second kappa shape index (κ2) is 5.69. The van der Waals surface area contributed by atoms with Gasteiger partial charge in [-0.2, -0.15) is 0 Å². The molecule has 0 bridgehead atoms. The zero-order chi connectivity index (χ0) is 14.7. The second-order valence-corrected chi connectivity index (χ2v) is 4.46. The molecule has 104 valence electrons. The lowest BCUT2D eigenvalue weighted by Crippen LogP contribution is -2.15. The summed E-state index contributed by atoms with van der Waals surface area (Å²) >= 11 is 0. The number of hydrogen-bond acceptors (Lipinski definition) is 2. The summed E-state index contributed by atoms with van der Waals surface area (Å²) in [6, 6.07) is 7.70. The number of nitrogens with one attached hydrogen (secondary N) is 1. The lowest BCUT2D eigenvalue weighted by molar-refractivity contribution is -0.115. The van der Waals surface area contributed by atoms with E-state index in [1.54, 1.807) is 19.1 Å². The summed E-state index contributed by atoms with van der Waals surface area (Å²) in [6.07, 6.45) is -0.188. The molecule has 0 radical (unpaired) electrons. The number of anilines is 1. The van der Waals surface area contributed by atoms with E-state index in [9.17, 15) is 18.7 Å². The minimum atomic E-state index is -0.748. The lowest BCUT2D eigenvalue weighted by atomic mass is 10.1. The molecule has 1 amide bonds. The van der Waals surface area contributed by atoms with Gasteiger partial charge in [0, 0.05) is 11.8 Å². The zero-order valence-corrected chi connectivity index (χ0v) is 10.8. The third kappa shape index (κ3) is 3.32. The average Bonchev–Trinajstić information content (AvgIpc) is 2.37. The van der Waals surface area contributed by atoms with Crippen LogP contribution >= 0.6 is 0 Å². The maximum Gasteiger partial charge on any atom is 0.228 e. The van der Waals surface area contributed by atoms with Crippen LogP contribution in [0.2, 0.25) is 0 Å². The normalized spacial score (nSPS) is 10.3. The molecule has 20 heavy (non-hydrogen) atoms. The van der Waals surface area contributed by atoms with Crippen molar-refractivity contribution in [2.24, 2.45) is 0 Å². The Bertz CT molecular complexity index is 656. The smallest absolute Gasteiger partial charge is 0.228 e. The predicted molar refractivity (Wildman–Crippen MR) is 71.5 cm³/mol. The molecule has 0 atom stereocenters. The number of amides is 1. The maximum absolute atomic E-state index is 13.4. The van der Waals surface area contributed by atoms with Gasteiger partial charge in [0.25, 0.3) is 0 Å². The molecular weight excluding hydrogens is 264 g/mol. The highest BCUT2D eigenvalue weighted by atomic mass is 19.1. The molecule has 2 N–H and O–H groups in total. The summed E-state index contributed by atoms with van der Waals surface area (Å²) in [5, 5.41) is 12.0. The fourth-order valence-electron chi connectivity index (χ4n) is 1.78. The van der Waals surface area contributed by atoms with E-state index in [4.69, 9.17) is 0 Å². The van der Waals surface area contributed by atoms with Crippen molar-refractivity contribution in [2.75, 3.05) is 5.32 Å². The largest absolute Gasteiger partial charge is 0.508 e. The molecule has 0 spiro atoms. The summed E-state index contributed by atoms with van der Waals surface area (Å²) in [5.74, 6) is -1.71. The minimum Gasteiger partial charge on any atom is -0.508 e. The number of carbonyl (C=O) groups is 1. The van der Waals surface area contributed by atoms with Crippen LogP contribution < -0.4 is 5.32 Å². The molecule has 0 aliphatic heterocycles. The van der Waals surface area contributed by atoms with Gasteiger partial charge in [-0.15, -0.1) is 0 Å². The van der Waals surface area contributed by atoms with Crippen molar-refractivity contribution in [3.63, 3.8) is 0 Å². The Kier molecular flexibility index (Phi) is 3.98. The van der Waals surface area contributed by atoms with Crippen LogP contribution in [0.3, 0.4) is 0 Å². The quantitative estimate of drug-likeness (QED) is 0.847. The number of halogens is 2. The molecule has 2 rings (SSSR count). The Balaban J connectivity index is 2.07. The van der Waals surface area contributed by atoms with Crippen LogP contribution in [0.15, 0.2) is 36.4 Å². The van der Waals surface area contributed by atoms with E-state index in [0.29, 0.717) is 11.3 Å². The van der Waals surface area contributed by atoms with Gasteiger partial charge in [0.05, 0.1) is 6.42 Å². The fraction of sp³-hybridized carbons (Fsp3) is 0.133. The molecule has 0 aliphatic rings. The molecule has 0 saturated heterocycles. The number of carbonyl (C=O) groups excluding carboxylic acids is 1. The van der Waals surface area contributed by atoms with Crippen molar-refractivity contribution in [3.05, 3.63) is 59.2 Å². The van der Waals surface area contributed by atoms with Crippen LogP contribution in [0.25, 0.3) is 0 Å². The van der Waals surface area contributed by atoms with Gasteiger partial charge in [0.15, 0.2) is 0 Å². The Morgan fingerprint density at radius 1 is 1.20 bits per heavy atom. The molecule has 0 heterocycles. The van der Waals surface area contributed by atoms with Crippen LogP contribution in [0, 0.1) is 18.6 Å². The molecule has 5 heteroatoms. The second-order valence-electron chi connectivity index (χ2n) is 4.46. The molecule has 0 aliphatic carbocycles. The van der Waals surface area contributed by atoms with Gasteiger partial charge in [0.1, 0.15) is 17.4 Å². The van der Waals surface area contributed by atoms with E-state index >= 15 is 0 Å².